The molecular weight excluding hydrogens is 279 g/mol. The third-order valence-corrected chi connectivity index (χ3v) is 2.61. The van der Waals surface area contributed by atoms with Crippen LogP contribution in [0.3, 0.4) is 0 Å². The van der Waals surface area contributed by atoms with Crippen molar-refractivity contribution in [3.05, 3.63) is 30.1 Å². The average Bonchev–Trinajstić information content (AvgIpc) is 2.41. The van der Waals surface area contributed by atoms with Crippen molar-refractivity contribution in [2.75, 3.05) is 33.3 Å². The van der Waals surface area contributed by atoms with E-state index in [-0.39, 0.29) is 31.3 Å². The highest BCUT2D eigenvalue weighted by molar-refractivity contribution is 5.78. The summed E-state index contributed by atoms with van der Waals surface area (Å²) in [6.07, 6.45) is -0.00748. The number of likely N-dealkylation sites (N-methyl/N-ethyl adjacent to an activating group) is 1. The number of benzene rings is 1. The van der Waals surface area contributed by atoms with Crippen LogP contribution in [0.5, 0.6) is 5.75 Å². The number of carbonyl (C=O) groups excluding carboxylic acids is 1. The van der Waals surface area contributed by atoms with E-state index in [0.29, 0.717) is 18.8 Å². The Labute approximate surface area is 122 Å². The Bertz CT molecular complexity index is 482. The molecule has 0 atom stereocenters. The molecule has 0 fully saturated rings. The van der Waals surface area contributed by atoms with E-state index >= 15 is 0 Å². The topological polar surface area (TPSA) is 78.9 Å². The molecule has 21 heavy (non-hydrogen) atoms. The van der Waals surface area contributed by atoms with Crippen molar-refractivity contribution in [2.24, 2.45) is 0 Å². The fourth-order valence-electron chi connectivity index (χ4n) is 1.58. The van der Waals surface area contributed by atoms with Gasteiger partial charge in [0.05, 0.1) is 19.5 Å². The number of carboxylic acid groups (broad SMARTS) is 1. The molecule has 0 unspecified atom stereocenters. The third-order valence-electron chi connectivity index (χ3n) is 2.61. The van der Waals surface area contributed by atoms with Gasteiger partial charge in [0.2, 0.25) is 5.91 Å². The first kappa shape index (κ1) is 16.9. The lowest BCUT2D eigenvalue weighted by Crippen LogP contribution is -2.37. The molecule has 6 nitrogen and oxygen atoms in total. The maximum absolute atomic E-state index is 12.9. The number of ether oxygens (including phenoxy) is 1. The fraction of sp³-hybridized carbons (Fsp3) is 0.429. The summed E-state index contributed by atoms with van der Waals surface area (Å²) in [5, 5.41) is 11.2. The predicted octanol–water partition coefficient (Wildman–Crippen LogP) is 0.727. The summed E-state index contributed by atoms with van der Waals surface area (Å²) in [7, 11) is 1.67. The van der Waals surface area contributed by atoms with Crippen molar-refractivity contribution in [2.45, 2.75) is 6.42 Å². The molecule has 1 aromatic rings. The van der Waals surface area contributed by atoms with Crippen molar-refractivity contribution >= 4 is 11.9 Å². The van der Waals surface area contributed by atoms with E-state index < -0.39 is 5.97 Å². The molecule has 0 aliphatic carbocycles. The fourth-order valence-corrected chi connectivity index (χ4v) is 1.58. The predicted molar refractivity (Wildman–Crippen MR) is 74.7 cm³/mol. The molecule has 0 heterocycles. The second-order valence-electron chi connectivity index (χ2n) is 4.54. The monoisotopic (exact) mass is 298 g/mol. The number of halogens is 1. The molecule has 0 saturated carbocycles. The second-order valence-corrected chi connectivity index (χ2v) is 4.54. The Hall–Kier alpha value is -2.15. The van der Waals surface area contributed by atoms with Gasteiger partial charge in [-0.25, -0.2) is 4.39 Å². The lowest BCUT2D eigenvalue weighted by Gasteiger charge is -2.15. The molecule has 1 aromatic carbocycles. The Morgan fingerprint density at radius 3 is 2.86 bits per heavy atom. The number of carbonyl (C=O) groups is 2. The van der Waals surface area contributed by atoms with E-state index in [1.165, 1.54) is 12.1 Å². The Kier molecular flexibility index (Phi) is 7.17. The lowest BCUT2D eigenvalue weighted by molar-refractivity contribution is -0.137. The van der Waals surface area contributed by atoms with Crippen LogP contribution in [-0.4, -0.2) is 55.2 Å². The van der Waals surface area contributed by atoms with Crippen molar-refractivity contribution < 1.29 is 23.8 Å². The van der Waals surface area contributed by atoms with E-state index in [0.717, 1.165) is 0 Å². The van der Waals surface area contributed by atoms with Crippen LogP contribution in [0.4, 0.5) is 4.39 Å². The maximum atomic E-state index is 12.9. The number of hydrogen-bond donors (Lipinski definition) is 2. The van der Waals surface area contributed by atoms with E-state index in [1.54, 1.807) is 24.1 Å². The van der Waals surface area contributed by atoms with Crippen LogP contribution in [0.25, 0.3) is 0 Å². The van der Waals surface area contributed by atoms with Gasteiger partial charge in [-0.1, -0.05) is 6.07 Å². The van der Waals surface area contributed by atoms with Gasteiger partial charge < -0.3 is 15.2 Å². The van der Waals surface area contributed by atoms with E-state index in [1.807, 2.05) is 0 Å². The number of nitrogens with zero attached hydrogens (tertiary/aromatic N) is 1. The van der Waals surface area contributed by atoms with E-state index in [2.05, 4.69) is 5.32 Å². The first-order chi connectivity index (χ1) is 9.97. The standard InChI is InChI=1S/C14H19FN2O4/c1-17(7-5-14(19)20)10-13(18)16-6-8-21-12-4-2-3-11(15)9-12/h2-4,9H,5-8,10H2,1H3,(H,16,18)(H,19,20). The molecule has 0 aliphatic heterocycles. The Morgan fingerprint density at radius 2 is 2.19 bits per heavy atom. The van der Waals surface area contributed by atoms with Gasteiger partial charge in [-0.15, -0.1) is 0 Å². The minimum atomic E-state index is -0.897. The first-order valence-electron chi connectivity index (χ1n) is 6.53. The SMILES string of the molecule is CN(CCC(=O)O)CC(=O)NCCOc1cccc(F)c1. The summed E-state index contributed by atoms with van der Waals surface area (Å²) < 4.78 is 18.2. The largest absolute Gasteiger partial charge is 0.492 e. The number of rotatable bonds is 9. The number of hydrogen-bond acceptors (Lipinski definition) is 4. The zero-order valence-electron chi connectivity index (χ0n) is 11.8. The van der Waals surface area contributed by atoms with Crippen LogP contribution in [0.1, 0.15) is 6.42 Å². The van der Waals surface area contributed by atoms with Crippen molar-refractivity contribution in [1.29, 1.82) is 0 Å². The van der Waals surface area contributed by atoms with Crippen LogP contribution >= 0.6 is 0 Å². The maximum Gasteiger partial charge on any atom is 0.304 e. The van der Waals surface area contributed by atoms with Gasteiger partial charge in [0.25, 0.3) is 0 Å². The van der Waals surface area contributed by atoms with Crippen molar-refractivity contribution in [1.82, 2.24) is 10.2 Å². The zero-order chi connectivity index (χ0) is 15.7. The second kappa shape index (κ2) is 8.91. The number of aliphatic carboxylic acids is 1. The van der Waals surface area contributed by atoms with Crippen molar-refractivity contribution in [3.63, 3.8) is 0 Å². The molecule has 0 aromatic heterocycles. The molecule has 1 rings (SSSR count). The number of nitrogens with one attached hydrogen (secondary N) is 1. The molecular formula is C14H19FN2O4. The van der Waals surface area contributed by atoms with Gasteiger partial charge in [-0.2, -0.15) is 0 Å². The number of carboxylic acids is 1. The van der Waals surface area contributed by atoms with Crippen molar-refractivity contribution in [3.8, 4) is 5.75 Å². The highest BCUT2D eigenvalue weighted by Gasteiger charge is 2.07. The van der Waals surface area contributed by atoms with Gasteiger partial charge in [0.15, 0.2) is 0 Å². The average molecular weight is 298 g/mol. The van der Waals surface area contributed by atoms with Gasteiger partial charge in [-0.3, -0.25) is 14.5 Å². The molecule has 0 spiro atoms. The third kappa shape index (κ3) is 7.88. The van der Waals surface area contributed by atoms with E-state index in [9.17, 15) is 14.0 Å². The van der Waals surface area contributed by atoms with Gasteiger partial charge in [0, 0.05) is 12.6 Å². The normalized spacial score (nSPS) is 10.4. The Morgan fingerprint density at radius 1 is 1.43 bits per heavy atom. The Balaban J connectivity index is 2.14. The lowest BCUT2D eigenvalue weighted by atomic mass is 10.3. The molecule has 2 N–H and O–H groups in total. The molecule has 1 amide bonds. The van der Waals surface area contributed by atoms with Gasteiger partial charge in [0.1, 0.15) is 18.2 Å². The van der Waals surface area contributed by atoms with Crippen LogP contribution in [-0.2, 0) is 9.59 Å². The summed E-state index contributed by atoms with van der Waals surface area (Å²) in [6, 6.07) is 5.76. The van der Waals surface area contributed by atoms with Crippen LogP contribution in [0.2, 0.25) is 0 Å². The summed E-state index contributed by atoms with van der Waals surface area (Å²) >= 11 is 0. The summed E-state index contributed by atoms with van der Waals surface area (Å²) in [5.74, 6) is -1.09. The number of amides is 1. The van der Waals surface area contributed by atoms with Crippen LogP contribution in [0, 0.1) is 5.82 Å². The summed E-state index contributed by atoms with van der Waals surface area (Å²) in [4.78, 5) is 23.6. The smallest absolute Gasteiger partial charge is 0.304 e. The molecule has 7 heteroatoms. The molecule has 0 radical (unpaired) electrons. The van der Waals surface area contributed by atoms with Gasteiger partial charge in [-0.05, 0) is 19.2 Å². The highest BCUT2D eigenvalue weighted by Crippen LogP contribution is 2.11. The minimum Gasteiger partial charge on any atom is -0.492 e. The minimum absolute atomic E-state index is 0.00748. The highest BCUT2D eigenvalue weighted by atomic mass is 19.1. The van der Waals surface area contributed by atoms with Crippen LogP contribution in [0.15, 0.2) is 24.3 Å². The molecule has 116 valence electrons. The molecule has 0 bridgehead atoms. The van der Waals surface area contributed by atoms with Gasteiger partial charge >= 0.3 is 5.97 Å². The zero-order valence-corrected chi connectivity index (χ0v) is 11.8. The van der Waals surface area contributed by atoms with E-state index in [4.69, 9.17) is 9.84 Å². The summed E-state index contributed by atoms with van der Waals surface area (Å²) in [6.45, 7) is 0.950. The molecule has 0 aliphatic rings. The quantitative estimate of drug-likeness (QED) is 0.657. The van der Waals surface area contributed by atoms with Crippen LogP contribution < -0.4 is 10.1 Å². The molecule has 0 saturated heterocycles. The first-order valence-corrected chi connectivity index (χ1v) is 6.53. The summed E-state index contributed by atoms with van der Waals surface area (Å²) in [5.41, 5.74) is 0.